The Kier molecular flexibility index (Phi) is 2.40. The predicted octanol–water partition coefficient (Wildman–Crippen LogP) is 0.705. The molecule has 0 aromatic carbocycles. The number of ether oxygens (including phenoxy) is 1. The summed E-state index contributed by atoms with van der Waals surface area (Å²) in [7, 11) is 1.66. The Balaban J connectivity index is 1.94. The van der Waals surface area contributed by atoms with Crippen molar-refractivity contribution in [2.75, 3.05) is 19.0 Å². The van der Waals surface area contributed by atoms with E-state index in [0.29, 0.717) is 11.9 Å². The molecule has 2 N–H and O–H groups in total. The van der Waals surface area contributed by atoms with Crippen LogP contribution in [0.15, 0.2) is 0 Å². The number of nitrogens with one attached hydrogen (secondary N) is 2. The highest BCUT2D eigenvalue weighted by Gasteiger charge is 2.24. The van der Waals surface area contributed by atoms with E-state index in [1.807, 2.05) is 0 Å². The molecule has 0 spiro atoms. The lowest BCUT2D eigenvalue weighted by Gasteiger charge is -2.19. The summed E-state index contributed by atoms with van der Waals surface area (Å²) in [4.78, 5) is 8.96. The van der Waals surface area contributed by atoms with Crippen LogP contribution in [0.2, 0.25) is 0 Å². The van der Waals surface area contributed by atoms with Crippen LogP contribution in [-0.2, 0) is 13.0 Å². The summed E-state index contributed by atoms with van der Waals surface area (Å²) in [6.07, 6.45) is 3.40. The minimum atomic E-state index is 0.574. The largest absolute Gasteiger partial charge is 0.481 e. The number of methoxy groups -OCH3 is 1. The lowest BCUT2D eigenvalue weighted by atomic mass is 10.1. The smallest absolute Gasteiger partial charge is 0.226 e. The number of nitrogens with zero attached hydrogens (tertiary/aromatic N) is 2. The second-order valence-electron chi connectivity index (χ2n) is 4.33. The molecule has 0 amide bonds. The van der Waals surface area contributed by atoms with Crippen molar-refractivity contribution in [3.63, 3.8) is 0 Å². The summed E-state index contributed by atoms with van der Waals surface area (Å²) >= 11 is 0. The Morgan fingerprint density at radius 2 is 2.25 bits per heavy atom. The van der Waals surface area contributed by atoms with E-state index in [1.54, 1.807) is 7.11 Å². The molecule has 0 unspecified atom stereocenters. The standard InChI is InChI=1S/C11H16N4O/c1-16-10-8-6-12-5-4-9(8)14-11(15-10)13-7-2-3-7/h7,12H,2-6H2,1H3,(H,13,14,15). The number of anilines is 1. The zero-order valence-electron chi connectivity index (χ0n) is 9.42. The molecule has 0 saturated heterocycles. The molecule has 5 nitrogen and oxygen atoms in total. The molecule has 86 valence electrons. The van der Waals surface area contributed by atoms with Crippen LogP contribution >= 0.6 is 0 Å². The maximum absolute atomic E-state index is 5.32. The van der Waals surface area contributed by atoms with Crippen LogP contribution in [0.1, 0.15) is 24.1 Å². The number of fused-ring (bicyclic) bond motifs is 1. The zero-order chi connectivity index (χ0) is 11.0. The van der Waals surface area contributed by atoms with Gasteiger partial charge in [-0.05, 0) is 12.8 Å². The molecule has 2 aliphatic rings. The summed E-state index contributed by atoms with van der Waals surface area (Å²) in [6, 6.07) is 0.574. The van der Waals surface area contributed by atoms with E-state index in [9.17, 15) is 0 Å². The fraction of sp³-hybridized carbons (Fsp3) is 0.636. The topological polar surface area (TPSA) is 59.1 Å². The first-order chi connectivity index (χ1) is 7.86. The van der Waals surface area contributed by atoms with Crippen molar-refractivity contribution in [2.45, 2.75) is 31.8 Å². The Labute approximate surface area is 94.6 Å². The van der Waals surface area contributed by atoms with E-state index in [4.69, 9.17) is 4.74 Å². The van der Waals surface area contributed by atoms with E-state index < -0.39 is 0 Å². The Morgan fingerprint density at radius 3 is 3.00 bits per heavy atom. The normalized spacial score (nSPS) is 19.1. The number of rotatable bonds is 3. The summed E-state index contributed by atoms with van der Waals surface area (Å²) < 4.78 is 5.32. The highest BCUT2D eigenvalue weighted by molar-refractivity contribution is 5.40. The van der Waals surface area contributed by atoms with Crippen molar-refractivity contribution in [1.82, 2.24) is 15.3 Å². The molecule has 0 radical (unpaired) electrons. The number of hydrogen-bond donors (Lipinski definition) is 2. The third-order valence-corrected chi connectivity index (χ3v) is 3.00. The van der Waals surface area contributed by atoms with Crippen LogP contribution in [0.25, 0.3) is 0 Å². The molecule has 5 heteroatoms. The van der Waals surface area contributed by atoms with Gasteiger partial charge in [0, 0.05) is 31.1 Å². The monoisotopic (exact) mass is 220 g/mol. The van der Waals surface area contributed by atoms with Crippen molar-refractivity contribution < 1.29 is 4.74 Å². The van der Waals surface area contributed by atoms with Crippen LogP contribution < -0.4 is 15.4 Å². The maximum atomic E-state index is 5.32. The van der Waals surface area contributed by atoms with Gasteiger partial charge in [-0.15, -0.1) is 0 Å². The first kappa shape index (κ1) is 9.84. The van der Waals surface area contributed by atoms with Crippen molar-refractivity contribution in [2.24, 2.45) is 0 Å². The third kappa shape index (κ3) is 1.82. The summed E-state index contributed by atoms with van der Waals surface area (Å²) in [5.74, 6) is 1.43. The van der Waals surface area contributed by atoms with Crippen LogP contribution in [0.5, 0.6) is 5.88 Å². The Bertz CT molecular complexity index is 386. The van der Waals surface area contributed by atoms with Gasteiger partial charge in [-0.2, -0.15) is 4.98 Å². The van der Waals surface area contributed by atoms with E-state index >= 15 is 0 Å². The predicted molar refractivity (Wildman–Crippen MR) is 60.6 cm³/mol. The van der Waals surface area contributed by atoms with E-state index in [0.717, 1.165) is 36.7 Å². The third-order valence-electron chi connectivity index (χ3n) is 3.00. The van der Waals surface area contributed by atoms with Gasteiger partial charge in [0.25, 0.3) is 0 Å². The Morgan fingerprint density at radius 1 is 1.38 bits per heavy atom. The van der Waals surface area contributed by atoms with Crippen molar-refractivity contribution in [1.29, 1.82) is 0 Å². The Hall–Kier alpha value is -1.36. The van der Waals surface area contributed by atoms with Gasteiger partial charge in [0.05, 0.1) is 12.8 Å². The molecular formula is C11H16N4O. The lowest BCUT2D eigenvalue weighted by molar-refractivity contribution is 0.386. The lowest BCUT2D eigenvalue weighted by Crippen LogP contribution is -2.26. The van der Waals surface area contributed by atoms with Gasteiger partial charge >= 0.3 is 0 Å². The zero-order valence-corrected chi connectivity index (χ0v) is 9.42. The first-order valence-corrected chi connectivity index (χ1v) is 5.78. The molecule has 0 bridgehead atoms. The maximum Gasteiger partial charge on any atom is 0.226 e. The number of aromatic nitrogens is 2. The number of hydrogen-bond acceptors (Lipinski definition) is 5. The molecule has 1 aliphatic carbocycles. The van der Waals surface area contributed by atoms with Crippen LogP contribution in [0.4, 0.5) is 5.95 Å². The second-order valence-corrected chi connectivity index (χ2v) is 4.33. The molecule has 1 saturated carbocycles. The average molecular weight is 220 g/mol. The molecular weight excluding hydrogens is 204 g/mol. The highest BCUT2D eigenvalue weighted by atomic mass is 16.5. The first-order valence-electron chi connectivity index (χ1n) is 5.78. The molecule has 1 aromatic heterocycles. The van der Waals surface area contributed by atoms with Gasteiger partial charge in [0.2, 0.25) is 11.8 Å². The van der Waals surface area contributed by atoms with Gasteiger partial charge < -0.3 is 15.4 Å². The van der Waals surface area contributed by atoms with E-state index in [2.05, 4.69) is 20.6 Å². The van der Waals surface area contributed by atoms with Crippen LogP contribution in [0, 0.1) is 0 Å². The highest BCUT2D eigenvalue weighted by Crippen LogP contribution is 2.27. The van der Waals surface area contributed by atoms with Gasteiger partial charge in [-0.1, -0.05) is 0 Å². The molecule has 2 heterocycles. The molecule has 1 aromatic rings. The summed E-state index contributed by atoms with van der Waals surface area (Å²) in [6.45, 7) is 1.79. The van der Waals surface area contributed by atoms with Crippen LogP contribution in [-0.4, -0.2) is 29.7 Å². The van der Waals surface area contributed by atoms with Gasteiger partial charge in [0.1, 0.15) is 0 Å². The molecule has 1 fully saturated rings. The molecule has 16 heavy (non-hydrogen) atoms. The fourth-order valence-corrected chi connectivity index (χ4v) is 1.96. The van der Waals surface area contributed by atoms with Gasteiger partial charge in [0.15, 0.2) is 0 Å². The average Bonchev–Trinajstić information content (AvgIpc) is 3.12. The second kappa shape index (κ2) is 3.90. The summed E-state index contributed by atoms with van der Waals surface area (Å²) in [5.41, 5.74) is 2.23. The quantitative estimate of drug-likeness (QED) is 0.785. The van der Waals surface area contributed by atoms with Crippen LogP contribution in [0.3, 0.4) is 0 Å². The van der Waals surface area contributed by atoms with E-state index in [1.165, 1.54) is 12.8 Å². The SMILES string of the molecule is COc1nc(NC2CC2)nc2c1CNCC2. The summed E-state index contributed by atoms with van der Waals surface area (Å²) in [5, 5.41) is 6.63. The minimum absolute atomic E-state index is 0.574. The molecule has 3 rings (SSSR count). The van der Waals surface area contributed by atoms with Crippen molar-refractivity contribution in [3.8, 4) is 5.88 Å². The van der Waals surface area contributed by atoms with Crippen molar-refractivity contribution >= 4 is 5.95 Å². The molecule has 1 aliphatic heterocycles. The van der Waals surface area contributed by atoms with Gasteiger partial charge in [-0.3, -0.25) is 0 Å². The molecule has 0 atom stereocenters. The minimum Gasteiger partial charge on any atom is -0.481 e. The van der Waals surface area contributed by atoms with Crippen molar-refractivity contribution in [3.05, 3.63) is 11.3 Å². The fourth-order valence-electron chi connectivity index (χ4n) is 1.96. The van der Waals surface area contributed by atoms with Gasteiger partial charge in [-0.25, -0.2) is 4.98 Å². The van der Waals surface area contributed by atoms with E-state index in [-0.39, 0.29) is 0 Å².